The fraction of sp³-hybridized carbons (Fsp3) is 0.900. The minimum atomic E-state index is -0.737. The first kappa shape index (κ1) is 11.5. The summed E-state index contributed by atoms with van der Waals surface area (Å²) in [6, 6.07) is 0.432. The van der Waals surface area contributed by atoms with Crippen molar-refractivity contribution in [2.24, 2.45) is 5.92 Å². The van der Waals surface area contributed by atoms with Crippen LogP contribution in [0.5, 0.6) is 0 Å². The standard InChI is InChI=1S/C10H19NO3/c1-7(10(12)13)6-11-8-3-4-9(5-8)14-2/h7-9,11H,3-6H2,1-2H3,(H,12,13). The van der Waals surface area contributed by atoms with Crippen molar-refractivity contribution in [3.63, 3.8) is 0 Å². The van der Waals surface area contributed by atoms with Crippen molar-refractivity contribution < 1.29 is 14.6 Å². The van der Waals surface area contributed by atoms with Crippen molar-refractivity contribution in [3.05, 3.63) is 0 Å². The van der Waals surface area contributed by atoms with Crippen LogP contribution in [0.25, 0.3) is 0 Å². The molecule has 1 fully saturated rings. The number of nitrogens with one attached hydrogen (secondary N) is 1. The van der Waals surface area contributed by atoms with E-state index in [4.69, 9.17) is 9.84 Å². The van der Waals surface area contributed by atoms with Crippen LogP contribution in [0.4, 0.5) is 0 Å². The van der Waals surface area contributed by atoms with Crippen molar-refractivity contribution in [2.45, 2.75) is 38.3 Å². The fourth-order valence-electron chi connectivity index (χ4n) is 1.77. The number of carboxylic acids is 1. The van der Waals surface area contributed by atoms with Gasteiger partial charge in [0.25, 0.3) is 0 Å². The summed E-state index contributed by atoms with van der Waals surface area (Å²) in [5, 5.41) is 12.0. The largest absolute Gasteiger partial charge is 0.481 e. The van der Waals surface area contributed by atoms with E-state index in [1.165, 1.54) is 0 Å². The van der Waals surface area contributed by atoms with Crippen LogP contribution in [0.2, 0.25) is 0 Å². The van der Waals surface area contributed by atoms with Gasteiger partial charge in [0.05, 0.1) is 12.0 Å². The van der Waals surface area contributed by atoms with E-state index in [1.807, 2.05) is 0 Å². The van der Waals surface area contributed by atoms with Crippen LogP contribution in [-0.2, 0) is 9.53 Å². The smallest absolute Gasteiger partial charge is 0.307 e. The van der Waals surface area contributed by atoms with E-state index < -0.39 is 5.97 Å². The summed E-state index contributed by atoms with van der Waals surface area (Å²) in [5.41, 5.74) is 0. The number of aliphatic carboxylic acids is 1. The molecule has 0 heterocycles. The van der Waals surface area contributed by atoms with Crippen LogP contribution in [-0.4, -0.2) is 36.9 Å². The average Bonchev–Trinajstić information content (AvgIpc) is 2.61. The maximum atomic E-state index is 10.6. The second-order valence-corrected chi connectivity index (χ2v) is 4.02. The summed E-state index contributed by atoms with van der Waals surface area (Å²) in [6.07, 6.45) is 3.52. The lowest BCUT2D eigenvalue weighted by Crippen LogP contribution is -2.33. The van der Waals surface area contributed by atoms with E-state index >= 15 is 0 Å². The number of carbonyl (C=O) groups is 1. The highest BCUT2D eigenvalue weighted by Gasteiger charge is 2.24. The lowest BCUT2D eigenvalue weighted by atomic mass is 10.1. The Labute approximate surface area is 84.6 Å². The second kappa shape index (κ2) is 5.32. The van der Waals surface area contributed by atoms with Gasteiger partial charge in [-0.2, -0.15) is 0 Å². The summed E-state index contributed by atoms with van der Waals surface area (Å²) in [4.78, 5) is 10.6. The van der Waals surface area contributed by atoms with E-state index in [2.05, 4.69) is 5.32 Å². The van der Waals surface area contributed by atoms with Gasteiger partial charge < -0.3 is 15.2 Å². The summed E-state index contributed by atoms with van der Waals surface area (Å²) < 4.78 is 5.24. The molecule has 4 heteroatoms. The molecule has 4 nitrogen and oxygen atoms in total. The molecule has 0 aromatic carbocycles. The zero-order valence-corrected chi connectivity index (χ0v) is 8.82. The molecule has 3 unspecified atom stereocenters. The van der Waals surface area contributed by atoms with Gasteiger partial charge in [-0.25, -0.2) is 0 Å². The summed E-state index contributed by atoms with van der Waals surface area (Å²) in [7, 11) is 1.73. The Kier molecular flexibility index (Phi) is 4.35. The third-order valence-electron chi connectivity index (χ3n) is 2.85. The molecule has 1 aliphatic carbocycles. The third kappa shape index (κ3) is 3.27. The van der Waals surface area contributed by atoms with E-state index in [0.717, 1.165) is 19.3 Å². The second-order valence-electron chi connectivity index (χ2n) is 4.02. The molecular weight excluding hydrogens is 182 g/mol. The van der Waals surface area contributed by atoms with Gasteiger partial charge in [0.2, 0.25) is 0 Å². The molecule has 0 bridgehead atoms. The third-order valence-corrected chi connectivity index (χ3v) is 2.85. The van der Waals surface area contributed by atoms with Gasteiger partial charge in [-0.3, -0.25) is 4.79 Å². The minimum absolute atomic E-state index is 0.309. The van der Waals surface area contributed by atoms with Crippen LogP contribution in [0.15, 0.2) is 0 Å². The van der Waals surface area contributed by atoms with E-state index in [9.17, 15) is 4.79 Å². The molecule has 14 heavy (non-hydrogen) atoms. The van der Waals surface area contributed by atoms with Gasteiger partial charge in [0.1, 0.15) is 0 Å². The molecule has 0 spiro atoms. The number of rotatable bonds is 5. The number of ether oxygens (including phenoxy) is 1. The van der Waals surface area contributed by atoms with Gasteiger partial charge in [0.15, 0.2) is 0 Å². The highest BCUT2D eigenvalue weighted by atomic mass is 16.5. The number of hydrogen-bond acceptors (Lipinski definition) is 3. The van der Waals surface area contributed by atoms with Gasteiger partial charge in [-0.1, -0.05) is 6.92 Å². The molecule has 0 saturated heterocycles. The van der Waals surface area contributed by atoms with Gasteiger partial charge in [-0.15, -0.1) is 0 Å². The van der Waals surface area contributed by atoms with Gasteiger partial charge in [0, 0.05) is 19.7 Å². The lowest BCUT2D eigenvalue weighted by Gasteiger charge is -2.14. The minimum Gasteiger partial charge on any atom is -0.481 e. The van der Waals surface area contributed by atoms with E-state index in [-0.39, 0.29) is 5.92 Å². The van der Waals surface area contributed by atoms with Gasteiger partial charge in [-0.05, 0) is 19.3 Å². The Morgan fingerprint density at radius 2 is 2.36 bits per heavy atom. The number of methoxy groups -OCH3 is 1. The van der Waals surface area contributed by atoms with Crippen molar-refractivity contribution >= 4 is 5.97 Å². The number of hydrogen-bond donors (Lipinski definition) is 2. The van der Waals surface area contributed by atoms with Crippen LogP contribution < -0.4 is 5.32 Å². The molecule has 3 atom stereocenters. The van der Waals surface area contributed by atoms with Gasteiger partial charge >= 0.3 is 5.97 Å². The van der Waals surface area contributed by atoms with Crippen molar-refractivity contribution in [1.82, 2.24) is 5.32 Å². The van der Waals surface area contributed by atoms with E-state index in [1.54, 1.807) is 14.0 Å². The van der Waals surface area contributed by atoms with E-state index in [0.29, 0.717) is 18.7 Å². The maximum absolute atomic E-state index is 10.6. The first-order valence-corrected chi connectivity index (χ1v) is 5.12. The Hall–Kier alpha value is -0.610. The van der Waals surface area contributed by atoms with Crippen LogP contribution >= 0.6 is 0 Å². The molecule has 2 N–H and O–H groups in total. The summed E-state index contributed by atoms with van der Waals surface area (Å²) in [6.45, 7) is 2.27. The quantitative estimate of drug-likeness (QED) is 0.692. The average molecular weight is 201 g/mol. The van der Waals surface area contributed by atoms with Crippen LogP contribution in [0.3, 0.4) is 0 Å². The Balaban J connectivity index is 2.17. The molecule has 0 aliphatic heterocycles. The summed E-state index contributed by atoms with van der Waals surface area (Å²) in [5.74, 6) is -1.05. The Morgan fingerprint density at radius 1 is 1.64 bits per heavy atom. The normalized spacial score (nSPS) is 29.0. The molecular formula is C10H19NO3. The molecule has 1 rings (SSSR count). The maximum Gasteiger partial charge on any atom is 0.307 e. The van der Waals surface area contributed by atoms with Crippen LogP contribution in [0.1, 0.15) is 26.2 Å². The SMILES string of the molecule is COC1CCC(NCC(C)C(=O)O)C1. The first-order valence-electron chi connectivity index (χ1n) is 5.12. The van der Waals surface area contributed by atoms with Crippen molar-refractivity contribution in [3.8, 4) is 0 Å². The molecule has 0 radical (unpaired) electrons. The molecule has 0 aromatic rings. The highest BCUT2D eigenvalue weighted by Crippen LogP contribution is 2.21. The molecule has 82 valence electrons. The Bertz CT molecular complexity index is 196. The zero-order valence-electron chi connectivity index (χ0n) is 8.82. The predicted octanol–water partition coefficient (Wildman–Crippen LogP) is 0.864. The lowest BCUT2D eigenvalue weighted by molar-refractivity contribution is -0.140. The number of carboxylic acid groups (broad SMARTS) is 1. The van der Waals surface area contributed by atoms with Crippen molar-refractivity contribution in [1.29, 1.82) is 0 Å². The predicted molar refractivity (Wildman–Crippen MR) is 53.2 cm³/mol. The monoisotopic (exact) mass is 201 g/mol. The van der Waals surface area contributed by atoms with Crippen molar-refractivity contribution in [2.75, 3.05) is 13.7 Å². The Morgan fingerprint density at radius 3 is 2.86 bits per heavy atom. The molecule has 0 amide bonds. The summed E-state index contributed by atoms with van der Waals surface area (Å²) >= 11 is 0. The molecule has 1 aliphatic rings. The highest BCUT2D eigenvalue weighted by molar-refractivity contribution is 5.69. The topological polar surface area (TPSA) is 58.6 Å². The zero-order chi connectivity index (χ0) is 10.6. The first-order chi connectivity index (χ1) is 6.63. The molecule has 0 aromatic heterocycles. The van der Waals surface area contributed by atoms with Crippen LogP contribution in [0, 0.1) is 5.92 Å². The molecule has 1 saturated carbocycles. The fourth-order valence-corrected chi connectivity index (χ4v) is 1.77.